The highest BCUT2D eigenvalue weighted by Gasteiger charge is 2.31. The van der Waals surface area contributed by atoms with Crippen molar-refractivity contribution >= 4 is 11.8 Å². The molecule has 0 aliphatic carbocycles. The van der Waals surface area contributed by atoms with Crippen LogP contribution in [0, 0.1) is 5.92 Å². The van der Waals surface area contributed by atoms with Gasteiger partial charge in [-0.05, 0) is 27.2 Å². The molecule has 1 aliphatic heterocycles. The summed E-state index contributed by atoms with van der Waals surface area (Å²) in [5, 5.41) is 3.01. The van der Waals surface area contributed by atoms with Gasteiger partial charge in [0.05, 0.1) is 11.5 Å². The van der Waals surface area contributed by atoms with E-state index in [0.717, 1.165) is 4.57 Å². The molecule has 0 saturated heterocycles. The molecule has 0 bridgehead atoms. The third-order valence-corrected chi connectivity index (χ3v) is 3.46. The lowest BCUT2D eigenvalue weighted by Crippen LogP contribution is -2.45. The minimum absolute atomic E-state index is 0.276. The molecule has 1 atom stereocenters. The van der Waals surface area contributed by atoms with Crippen LogP contribution in [0.15, 0.2) is 9.59 Å². The molecule has 0 saturated carbocycles. The number of fused-ring (bicyclic) bond motifs is 1. The summed E-state index contributed by atoms with van der Waals surface area (Å²) < 4.78 is 7.80. The number of nitrogens with zero attached hydrogens (tertiary/aromatic N) is 2. The zero-order valence-electron chi connectivity index (χ0n) is 13.0. The smallest absolute Gasteiger partial charge is 0.332 e. The van der Waals surface area contributed by atoms with Crippen LogP contribution in [0.5, 0.6) is 0 Å². The van der Waals surface area contributed by atoms with Crippen LogP contribution in [0.4, 0.5) is 5.82 Å². The van der Waals surface area contributed by atoms with E-state index >= 15 is 0 Å². The number of hydrogen-bond donors (Lipinski definition) is 1. The molecule has 1 aliphatic rings. The van der Waals surface area contributed by atoms with E-state index in [4.69, 9.17) is 4.74 Å². The number of esters is 1. The minimum atomic E-state index is -0.564. The van der Waals surface area contributed by atoms with Crippen LogP contribution in [0.2, 0.25) is 0 Å². The Bertz CT molecular complexity index is 694. The first-order valence-electron chi connectivity index (χ1n) is 6.87. The van der Waals surface area contributed by atoms with Crippen molar-refractivity contribution in [2.45, 2.75) is 32.8 Å². The number of anilines is 1. The van der Waals surface area contributed by atoms with Gasteiger partial charge in [-0.15, -0.1) is 0 Å². The van der Waals surface area contributed by atoms with E-state index in [1.54, 1.807) is 27.8 Å². The van der Waals surface area contributed by atoms with Crippen LogP contribution in [0.1, 0.15) is 26.3 Å². The number of carbonyl (C=O) groups excluding carboxylic acids is 1. The SMILES string of the molecule is Cn1c2c(c(=O)n(C)c1=O)CC(C(=O)OC(C)(C)C)CN2. The lowest BCUT2D eigenvalue weighted by Gasteiger charge is -2.28. The Morgan fingerprint density at radius 1 is 1.24 bits per heavy atom. The van der Waals surface area contributed by atoms with E-state index in [1.807, 2.05) is 0 Å². The molecule has 0 fully saturated rings. The van der Waals surface area contributed by atoms with Gasteiger partial charge in [0.25, 0.3) is 5.56 Å². The summed E-state index contributed by atoms with van der Waals surface area (Å²) >= 11 is 0. The van der Waals surface area contributed by atoms with E-state index < -0.39 is 11.5 Å². The minimum Gasteiger partial charge on any atom is -0.460 e. The molecule has 1 aromatic rings. The number of hydrogen-bond acceptors (Lipinski definition) is 5. The molecule has 0 amide bonds. The fourth-order valence-electron chi connectivity index (χ4n) is 2.41. The topological polar surface area (TPSA) is 82.3 Å². The fourth-order valence-corrected chi connectivity index (χ4v) is 2.41. The number of ether oxygens (including phenoxy) is 1. The Balaban J connectivity index is 2.36. The second kappa shape index (κ2) is 5.05. The van der Waals surface area contributed by atoms with Crippen LogP contribution >= 0.6 is 0 Å². The van der Waals surface area contributed by atoms with Gasteiger partial charge in [-0.3, -0.25) is 18.7 Å². The molecule has 0 radical (unpaired) electrons. The quantitative estimate of drug-likeness (QED) is 0.738. The summed E-state index contributed by atoms with van der Waals surface area (Å²) in [5.41, 5.74) is -0.871. The van der Waals surface area contributed by atoms with E-state index in [2.05, 4.69) is 5.32 Å². The van der Waals surface area contributed by atoms with Crippen molar-refractivity contribution in [2.75, 3.05) is 11.9 Å². The van der Waals surface area contributed by atoms with Gasteiger partial charge in [-0.1, -0.05) is 0 Å². The highest BCUT2D eigenvalue weighted by atomic mass is 16.6. The maximum absolute atomic E-state index is 12.2. The highest BCUT2D eigenvalue weighted by molar-refractivity contribution is 5.75. The second-order valence-electron chi connectivity index (χ2n) is 6.35. The molecule has 21 heavy (non-hydrogen) atoms. The third-order valence-electron chi connectivity index (χ3n) is 3.46. The van der Waals surface area contributed by atoms with Gasteiger partial charge in [0.15, 0.2) is 0 Å². The summed E-state index contributed by atoms with van der Waals surface area (Å²) in [6.07, 6.45) is 0.276. The molecule has 1 unspecified atom stereocenters. The van der Waals surface area contributed by atoms with Crippen LogP contribution in [-0.2, 0) is 30.0 Å². The van der Waals surface area contributed by atoms with Crippen LogP contribution < -0.4 is 16.6 Å². The van der Waals surface area contributed by atoms with Gasteiger partial charge in [0.2, 0.25) is 0 Å². The highest BCUT2D eigenvalue weighted by Crippen LogP contribution is 2.22. The Kier molecular flexibility index (Phi) is 3.69. The maximum atomic E-state index is 12.2. The first-order valence-corrected chi connectivity index (χ1v) is 6.87. The van der Waals surface area contributed by atoms with Crippen molar-refractivity contribution in [3.05, 3.63) is 26.4 Å². The molecule has 116 valence electrons. The third kappa shape index (κ3) is 2.86. The van der Waals surface area contributed by atoms with E-state index in [9.17, 15) is 14.4 Å². The molecule has 2 heterocycles. The van der Waals surface area contributed by atoms with Gasteiger partial charge in [-0.25, -0.2) is 4.79 Å². The van der Waals surface area contributed by atoms with E-state index in [0.29, 0.717) is 17.9 Å². The van der Waals surface area contributed by atoms with Crippen molar-refractivity contribution in [3.8, 4) is 0 Å². The Morgan fingerprint density at radius 2 is 1.86 bits per heavy atom. The van der Waals surface area contributed by atoms with Gasteiger partial charge in [0, 0.05) is 20.6 Å². The van der Waals surface area contributed by atoms with Crippen molar-refractivity contribution in [1.82, 2.24) is 9.13 Å². The van der Waals surface area contributed by atoms with Crippen molar-refractivity contribution in [2.24, 2.45) is 20.0 Å². The van der Waals surface area contributed by atoms with Gasteiger partial charge in [-0.2, -0.15) is 0 Å². The molecule has 0 spiro atoms. The zero-order valence-corrected chi connectivity index (χ0v) is 13.0. The predicted octanol–water partition coefficient (Wildman–Crippen LogP) is 0.00990. The lowest BCUT2D eigenvalue weighted by atomic mass is 9.96. The first-order chi connectivity index (χ1) is 9.61. The fraction of sp³-hybridized carbons (Fsp3) is 0.643. The number of nitrogens with one attached hydrogen (secondary N) is 1. The van der Waals surface area contributed by atoms with Crippen LogP contribution in [-0.4, -0.2) is 27.2 Å². The molecule has 2 rings (SSSR count). The molecule has 7 nitrogen and oxygen atoms in total. The van der Waals surface area contributed by atoms with Gasteiger partial charge < -0.3 is 10.1 Å². The standard InChI is InChI=1S/C14H21N3O4/c1-14(2,3)21-12(19)8-6-9-10(15-7-8)16(4)13(20)17(5)11(9)18/h8,15H,6-7H2,1-5H3. The molecule has 0 aromatic carbocycles. The molecule has 1 N–H and O–H groups in total. The Hall–Kier alpha value is -2.05. The summed E-state index contributed by atoms with van der Waals surface area (Å²) in [7, 11) is 3.03. The Morgan fingerprint density at radius 3 is 2.43 bits per heavy atom. The van der Waals surface area contributed by atoms with Crippen molar-refractivity contribution in [1.29, 1.82) is 0 Å². The maximum Gasteiger partial charge on any atom is 0.332 e. The van der Waals surface area contributed by atoms with E-state index in [1.165, 1.54) is 11.6 Å². The largest absolute Gasteiger partial charge is 0.460 e. The number of carbonyl (C=O) groups is 1. The summed E-state index contributed by atoms with van der Waals surface area (Å²) in [4.78, 5) is 36.2. The van der Waals surface area contributed by atoms with Crippen LogP contribution in [0.3, 0.4) is 0 Å². The first kappa shape index (κ1) is 15.3. The van der Waals surface area contributed by atoms with Gasteiger partial charge >= 0.3 is 11.7 Å². The zero-order chi connectivity index (χ0) is 15.9. The van der Waals surface area contributed by atoms with Gasteiger partial charge in [0.1, 0.15) is 11.4 Å². The summed E-state index contributed by atoms with van der Waals surface area (Å²) in [5.74, 6) is -0.276. The monoisotopic (exact) mass is 295 g/mol. The number of rotatable bonds is 1. The van der Waals surface area contributed by atoms with Crippen molar-refractivity contribution in [3.63, 3.8) is 0 Å². The predicted molar refractivity (Wildman–Crippen MR) is 78.5 cm³/mol. The molecular formula is C14H21N3O4. The lowest BCUT2D eigenvalue weighted by molar-refractivity contribution is -0.159. The molecular weight excluding hydrogens is 274 g/mol. The summed E-state index contributed by atoms with van der Waals surface area (Å²) in [6, 6.07) is 0. The molecule has 7 heteroatoms. The normalized spacial score (nSPS) is 17.9. The second-order valence-corrected chi connectivity index (χ2v) is 6.35. The average Bonchev–Trinajstić information content (AvgIpc) is 2.40. The van der Waals surface area contributed by atoms with Crippen LogP contribution in [0.25, 0.3) is 0 Å². The number of aromatic nitrogens is 2. The summed E-state index contributed by atoms with van der Waals surface area (Å²) in [6.45, 7) is 5.76. The Labute approximate surface area is 122 Å². The van der Waals surface area contributed by atoms with Crippen molar-refractivity contribution < 1.29 is 9.53 Å². The average molecular weight is 295 g/mol. The van der Waals surface area contributed by atoms with E-state index in [-0.39, 0.29) is 23.6 Å². The molecule has 1 aromatic heterocycles.